The molecule has 0 saturated heterocycles. The van der Waals surface area contributed by atoms with Gasteiger partial charge < -0.3 is 19.3 Å². The first-order chi connectivity index (χ1) is 11.1. The summed E-state index contributed by atoms with van der Waals surface area (Å²) in [5.74, 6) is 1.16. The van der Waals surface area contributed by atoms with Gasteiger partial charge in [-0.15, -0.1) is 0 Å². The first-order valence-electron chi connectivity index (χ1n) is 7.31. The molecule has 1 aliphatic rings. The van der Waals surface area contributed by atoms with E-state index in [1.54, 1.807) is 32.4 Å². The molecule has 0 aliphatic carbocycles. The van der Waals surface area contributed by atoms with Gasteiger partial charge in [-0.2, -0.15) is 0 Å². The van der Waals surface area contributed by atoms with Gasteiger partial charge in [0.2, 0.25) is 5.60 Å². The maximum Gasteiger partial charge on any atom is 0.267 e. The fourth-order valence-corrected chi connectivity index (χ4v) is 2.46. The quantitative estimate of drug-likeness (QED) is 0.920. The van der Waals surface area contributed by atoms with Crippen molar-refractivity contribution in [1.29, 1.82) is 0 Å². The summed E-state index contributed by atoms with van der Waals surface area (Å²) in [7, 11) is 1.60. The van der Waals surface area contributed by atoms with Crippen LogP contribution < -0.4 is 10.1 Å². The fraction of sp³-hybridized carbons (Fsp3) is 0.294. The first-order valence-corrected chi connectivity index (χ1v) is 7.31. The molecule has 6 nitrogen and oxygen atoms in total. The van der Waals surface area contributed by atoms with Gasteiger partial charge in [0.05, 0.1) is 25.6 Å². The highest BCUT2D eigenvalue weighted by molar-refractivity contribution is 6.07. The van der Waals surface area contributed by atoms with E-state index in [0.717, 1.165) is 5.56 Å². The van der Waals surface area contributed by atoms with Gasteiger partial charge >= 0.3 is 0 Å². The molecule has 1 aromatic carbocycles. The van der Waals surface area contributed by atoms with E-state index in [1.807, 2.05) is 24.3 Å². The summed E-state index contributed by atoms with van der Waals surface area (Å²) in [4.78, 5) is 17.8. The second kappa shape index (κ2) is 6.16. The van der Waals surface area contributed by atoms with E-state index < -0.39 is 5.60 Å². The lowest BCUT2D eigenvalue weighted by molar-refractivity contribution is -0.141. The summed E-state index contributed by atoms with van der Waals surface area (Å²) in [6.07, 6.45) is 1.94. The molecule has 2 aromatic rings. The average Bonchev–Trinajstić information content (AvgIpc) is 3.23. The van der Waals surface area contributed by atoms with E-state index in [-0.39, 0.29) is 5.91 Å². The maximum atomic E-state index is 12.4. The van der Waals surface area contributed by atoms with Crippen LogP contribution >= 0.6 is 0 Å². The molecule has 1 atom stereocenters. The van der Waals surface area contributed by atoms with Crippen LogP contribution in [0.5, 0.6) is 5.75 Å². The SMILES string of the molecule is COc1ccccc1C1=NO[C@@](C)(C(=O)NCc2ccco2)C1. The van der Waals surface area contributed by atoms with Gasteiger partial charge in [-0.3, -0.25) is 4.79 Å². The second-order valence-corrected chi connectivity index (χ2v) is 5.50. The van der Waals surface area contributed by atoms with Crippen molar-refractivity contribution in [2.75, 3.05) is 7.11 Å². The van der Waals surface area contributed by atoms with Crippen LogP contribution in [0.25, 0.3) is 0 Å². The first kappa shape index (κ1) is 15.1. The third-order valence-electron chi connectivity index (χ3n) is 3.76. The number of furan rings is 1. The molecule has 0 saturated carbocycles. The molecular weight excluding hydrogens is 296 g/mol. The average molecular weight is 314 g/mol. The van der Waals surface area contributed by atoms with Gasteiger partial charge in [-0.1, -0.05) is 17.3 Å². The molecular formula is C17H18N2O4. The lowest BCUT2D eigenvalue weighted by Gasteiger charge is -2.20. The zero-order valence-electron chi connectivity index (χ0n) is 13.0. The fourth-order valence-electron chi connectivity index (χ4n) is 2.46. The Kier molecular flexibility index (Phi) is 4.06. The highest BCUT2D eigenvalue weighted by Crippen LogP contribution is 2.30. The lowest BCUT2D eigenvalue weighted by Crippen LogP contribution is -2.44. The van der Waals surface area contributed by atoms with Crippen LogP contribution in [0.3, 0.4) is 0 Å². The normalized spacial score (nSPS) is 19.8. The molecule has 0 fully saturated rings. The predicted octanol–water partition coefficient (Wildman–Crippen LogP) is 2.49. The zero-order chi connectivity index (χ0) is 16.3. The number of carbonyl (C=O) groups excluding carboxylic acids is 1. The van der Waals surface area contributed by atoms with Gasteiger partial charge in [0, 0.05) is 12.0 Å². The number of hydrogen-bond acceptors (Lipinski definition) is 5. The molecule has 6 heteroatoms. The maximum absolute atomic E-state index is 12.4. The van der Waals surface area contributed by atoms with Crippen molar-refractivity contribution >= 4 is 11.6 Å². The molecule has 0 bridgehead atoms. The van der Waals surface area contributed by atoms with Crippen molar-refractivity contribution in [3.8, 4) is 5.75 Å². The summed E-state index contributed by atoms with van der Waals surface area (Å²) < 4.78 is 10.5. The molecule has 120 valence electrons. The van der Waals surface area contributed by atoms with Gasteiger partial charge in [0.15, 0.2) is 0 Å². The second-order valence-electron chi connectivity index (χ2n) is 5.50. The number of benzene rings is 1. The molecule has 1 aliphatic heterocycles. The third-order valence-corrected chi connectivity index (χ3v) is 3.76. The van der Waals surface area contributed by atoms with E-state index >= 15 is 0 Å². The molecule has 1 aromatic heterocycles. The smallest absolute Gasteiger partial charge is 0.267 e. The Bertz CT molecular complexity index is 724. The monoisotopic (exact) mass is 314 g/mol. The summed E-state index contributed by atoms with van der Waals surface area (Å²) >= 11 is 0. The molecule has 0 unspecified atom stereocenters. The van der Waals surface area contributed by atoms with Crippen molar-refractivity contribution in [3.05, 3.63) is 54.0 Å². The van der Waals surface area contributed by atoms with Crippen molar-refractivity contribution in [1.82, 2.24) is 5.32 Å². The number of nitrogens with one attached hydrogen (secondary N) is 1. The Morgan fingerprint density at radius 2 is 2.17 bits per heavy atom. The number of carbonyl (C=O) groups is 1. The summed E-state index contributed by atoms with van der Waals surface area (Å²) in [5, 5.41) is 6.89. The van der Waals surface area contributed by atoms with Crippen molar-refractivity contribution in [2.45, 2.75) is 25.5 Å². The number of para-hydroxylation sites is 1. The molecule has 23 heavy (non-hydrogen) atoms. The minimum absolute atomic E-state index is 0.234. The number of oxime groups is 1. The summed E-state index contributed by atoms with van der Waals surface area (Å²) in [5.41, 5.74) is 0.485. The van der Waals surface area contributed by atoms with E-state index in [4.69, 9.17) is 14.0 Å². The van der Waals surface area contributed by atoms with Crippen molar-refractivity contribution < 1.29 is 18.8 Å². The van der Waals surface area contributed by atoms with Crippen LogP contribution in [0, 0.1) is 0 Å². The number of hydrogen-bond donors (Lipinski definition) is 1. The number of amides is 1. The Morgan fingerprint density at radius 3 is 2.91 bits per heavy atom. The molecule has 0 radical (unpaired) electrons. The molecule has 1 N–H and O–H groups in total. The number of nitrogens with zero attached hydrogens (tertiary/aromatic N) is 1. The number of rotatable bonds is 5. The Balaban J connectivity index is 1.68. The molecule has 0 spiro atoms. The molecule has 2 heterocycles. The topological polar surface area (TPSA) is 73.1 Å². The van der Waals surface area contributed by atoms with Crippen molar-refractivity contribution in [3.63, 3.8) is 0 Å². The minimum atomic E-state index is -1.04. The van der Waals surface area contributed by atoms with Crippen LogP contribution in [0.15, 0.2) is 52.2 Å². The van der Waals surface area contributed by atoms with Gasteiger partial charge in [-0.05, 0) is 31.2 Å². The Hall–Kier alpha value is -2.76. The van der Waals surface area contributed by atoms with Crippen LogP contribution in [0.1, 0.15) is 24.7 Å². The van der Waals surface area contributed by atoms with Gasteiger partial charge in [0.1, 0.15) is 11.5 Å². The van der Waals surface area contributed by atoms with Crippen LogP contribution in [0.4, 0.5) is 0 Å². The number of ether oxygens (including phenoxy) is 1. The Morgan fingerprint density at radius 1 is 1.35 bits per heavy atom. The summed E-state index contributed by atoms with van der Waals surface area (Å²) in [6.45, 7) is 2.03. The zero-order valence-corrected chi connectivity index (χ0v) is 13.0. The van der Waals surface area contributed by atoms with Crippen LogP contribution in [0.2, 0.25) is 0 Å². The van der Waals surface area contributed by atoms with Crippen LogP contribution in [-0.2, 0) is 16.2 Å². The standard InChI is InChI=1S/C17H18N2O4/c1-17(16(20)18-11-12-6-5-9-22-12)10-14(19-23-17)13-7-3-4-8-15(13)21-2/h3-9H,10-11H2,1-2H3,(H,18,20)/t17-/m1/s1. The van der Waals surface area contributed by atoms with E-state index in [2.05, 4.69) is 10.5 Å². The molecule has 3 rings (SSSR count). The van der Waals surface area contributed by atoms with Crippen molar-refractivity contribution in [2.24, 2.45) is 5.16 Å². The number of methoxy groups -OCH3 is 1. The van der Waals surface area contributed by atoms with Gasteiger partial charge in [-0.25, -0.2) is 0 Å². The third kappa shape index (κ3) is 3.06. The van der Waals surface area contributed by atoms with E-state index in [0.29, 0.717) is 30.2 Å². The largest absolute Gasteiger partial charge is 0.496 e. The van der Waals surface area contributed by atoms with E-state index in [9.17, 15) is 4.79 Å². The Labute approximate surface area is 134 Å². The van der Waals surface area contributed by atoms with Gasteiger partial charge in [0.25, 0.3) is 5.91 Å². The minimum Gasteiger partial charge on any atom is -0.496 e. The van der Waals surface area contributed by atoms with E-state index in [1.165, 1.54) is 0 Å². The molecule has 1 amide bonds. The lowest BCUT2D eigenvalue weighted by atomic mass is 9.94. The van der Waals surface area contributed by atoms with Crippen LogP contribution in [-0.4, -0.2) is 24.3 Å². The highest BCUT2D eigenvalue weighted by atomic mass is 16.7. The highest BCUT2D eigenvalue weighted by Gasteiger charge is 2.42. The summed E-state index contributed by atoms with van der Waals surface area (Å²) in [6, 6.07) is 11.1. The predicted molar refractivity (Wildman–Crippen MR) is 84.2 cm³/mol.